The van der Waals surface area contributed by atoms with E-state index in [4.69, 9.17) is 0 Å². The van der Waals surface area contributed by atoms with Gasteiger partial charge in [0.1, 0.15) is 0 Å². The fourth-order valence-electron chi connectivity index (χ4n) is 1.84. The number of rotatable bonds is 3. The quantitative estimate of drug-likeness (QED) is 0.548. The van der Waals surface area contributed by atoms with E-state index in [1.165, 1.54) is 16.7 Å². The largest absolute Gasteiger partial charge is 0.0874 e. The minimum Gasteiger partial charge on any atom is -0.0874 e. The summed E-state index contributed by atoms with van der Waals surface area (Å²) in [6.45, 7) is 10.2. The molecule has 2 aromatic rings. The predicted molar refractivity (Wildman–Crippen MR) is 101 cm³/mol. The molecule has 0 aliphatic rings. The Labute approximate surface area is 137 Å². The second-order valence-electron chi connectivity index (χ2n) is 4.68. The zero-order chi connectivity index (χ0) is 16.6. The van der Waals surface area contributed by atoms with Crippen molar-refractivity contribution in [2.24, 2.45) is 0 Å². The topological polar surface area (TPSA) is 0 Å². The Kier molecular flexibility index (Phi) is 12.6. The van der Waals surface area contributed by atoms with Gasteiger partial charge in [-0.15, -0.1) is 0 Å². The van der Waals surface area contributed by atoms with Crippen LogP contribution < -0.4 is 0 Å². The lowest BCUT2D eigenvalue weighted by Gasteiger charge is -2.01. The van der Waals surface area contributed by atoms with E-state index in [2.05, 4.69) is 81.5 Å². The van der Waals surface area contributed by atoms with Gasteiger partial charge < -0.3 is 0 Å². The van der Waals surface area contributed by atoms with Crippen molar-refractivity contribution in [3.63, 3.8) is 0 Å². The van der Waals surface area contributed by atoms with E-state index in [0.29, 0.717) is 0 Å². The van der Waals surface area contributed by atoms with Gasteiger partial charge in [-0.2, -0.15) is 0 Å². The fourth-order valence-corrected chi connectivity index (χ4v) is 1.84. The van der Waals surface area contributed by atoms with Crippen LogP contribution >= 0.6 is 0 Å². The molecular weight excluding hydrogens is 264 g/mol. The number of aryl methyl sites for hydroxylation is 1. The third kappa shape index (κ3) is 9.77. The first-order chi connectivity index (χ1) is 10.8. The summed E-state index contributed by atoms with van der Waals surface area (Å²) in [4.78, 5) is 0. The second-order valence-corrected chi connectivity index (χ2v) is 4.68. The molecule has 0 aromatic heterocycles. The lowest BCUT2D eigenvalue weighted by molar-refractivity contribution is 1.19. The molecule has 0 unspecified atom stereocenters. The smallest absolute Gasteiger partial charge is 0.00292 e. The molecule has 0 saturated heterocycles. The van der Waals surface area contributed by atoms with Gasteiger partial charge in [-0.05, 0) is 38.3 Å². The van der Waals surface area contributed by atoms with E-state index in [1.807, 2.05) is 32.0 Å². The van der Waals surface area contributed by atoms with E-state index in [9.17, 15) is 0 Å². The molecule has 0 aliphatic carbocycles. The van der Waals surface area contributed by atoms with E-state index < -0.39 is 0 Å². The number of allylic oxidation sites excluding steroid dienone is 4. The molecule has 0 atom stereocenters. The molecule has 2 aromatic carbocycles. The van der Waals surface area contributed by atoms with Gasteiger partial charge >= 0.3 is 0 Å². The van der Waals surface area contributed by atoms with Crippen molar-refractivity contribution in [1.82, 2.24) is 0 Å². The van der Waals surface area contributed by atoms with Gasteiger partial charge in [0, 0.05) is 0 Å². The molecule has 0 amide bonds. The van der Waals surface area contributed by atoms with Crippen LogP contribution in [0.1, 0.15) is 38.8 Å². The first-order valence-corrected chi connectivity index (χ1v) is 8.09. The van der Waals surface area contributed by atoms with Gasteiger partial charge in [0.15, 0.2) is 0 Å². The Balaban J connectivity index is 0.000000412. The molecule has 0 N–H and O–H groups in total. The Bertz CT molecular complexity index is 518. The summed E-state index contributed by atoms with van der Waals surface area (Å²) in [5.41, 5.74) is 4.06. The monoisotopic (exact) mass is 294 g/mol. The SMILES string of the molecule is C/C=C\C(=C/C)Cc1ccccc1.CC.Cc1ccccc1. The van der Waals surface area contributed by atoms with Crippen molar-refractivity contribution in [1.29, 1.82) is 0 Å². The number of hydrogen-bond acceptors (Lipinski definition) is 0. The molecule has 0 saturated carbocycles. The summed E-state index contributed by atoms with van der Waals surface area (Å²) < 4.78 is 0. The highest BCUT2D eigenvalue weighted by atomic mass is 14.0. The number of benzene rings is 2. The van der Waals surface area contributed by atoms with Crippen molar-refractivity contribution in [3.05, 3.63) is 95.6 Å². The molecular formula is C22H30. The average Bonchev–Trinajstić information content (AvgIpc) is 2.58. The Morgan fingerprint density at radius 1 is 0.818 bits per heavy atom. The van der Waals surface area contributed by atoms with Crippen LogP contribution in [-0.4, -0.2) is 0 Å². The van der Waals surface area contributed by atoms with Crippen LogP contribution in [0.3, 0.4) is 0 Å². The lowest BCUT2D eigenvalue weighted by Crippen LogP contribution is -1.86. The van der Waals surface area contributed by atoms with E-state index in [1.54, 1.807) is 0 Å². The van der Waals surface area contributed by atoms with Gasteiger partial charge in [-0.3, -0.25) is 0 Å². The summed E-state index contributed by atoms with van der Waals surface area (Å²) in [6, 6.07) is 20.8. The molecule has 22 heavy (non-hydrogen) atoms. The van der Waals surface area contributed by atoms with Crippen LogP contribution in [0.5, 0.6) is 0 Å². The third-order valence-corrected chi connectivity index (χ3v) is 2.94. The molecule has 0 bridgehead atoms. The lowest BCUT2D eigenvalue weighted by atomic mass is 10.0. The molecule has 0 heteroatoms. The van der Waals surface area contributed by atoms with Crippen molar-refractivity contribution < 1.29 is 0 Å². The van der Waals surface area contributed by atoms with Crippen LogP contribution in [0.15, 0.2) is 84.5 Å². The van der Waals surface area contributed by atoms with Crippen molar-refractivity contribution in [2.75, 3.05) is 0 Å². The van der Waals surface area contributed by atoms with Gasteiger partial charge in [0.25, 0.3) is 0 Å². The molecule has 118 valence electrons. The molecule has 0 heterocycles. The van der Waals surface area contributed by atoms with Crippen molar-refractivity contribution in [3.8, 4) is 0 Å². The van der Waals surface area contributed by atoms with Crippen LogP contribution in [0, 0.1) is 6.92 Å². The maximum absolute atomic E-state index is 2.16. The molecule has 0 nitrogen and oxygen atoms in total. The third-order valence-electron chi connectivity index (χ3n) is 2.94. The summed E-state index contributed by atoms with van der Waals surface area (Å²) in [6.07, 6.45) is 7.43. The highest BCUT2D eigenvalue weighted by Gasteiger charge is 1.93. The van der Waals surface area contributed by atoms with Gasteiger partial charge in [0.2, 0.25) is 0 Å². The standard InChI is InChI=1S/C13H16.C7H8.C2H6/c1-3-8-12(4-2)11-13-9-6-5-7-10-13;1-7-5-3-2-4-6-7;1-2/h3-10H,11H2,1-2H3;2-6H,1H3;1-2H3/b8-3-,12-4+;;. The minimum absolute atomic E-state index is 1.03. The van der Waals surface area contributed by atoms with Crippen LogP contribution in [-0.2, 0) is 6.42 Å². The highest BCUT2D eigenvalue weighted by Crippen LogP contribution is 2.08. The van der Waals surface area contributed by atoms with Crippen molar-refractivity contribution >= 4 is 0 Å². The van der Waals surface area contributed by atoms with Crippen LogP contribution in [0.25, 0.3) is 0 Å². The highest BCUT2D eigenvalue weighted by molar-refractivity contribution is 5.27. The predicted octanol–water partition coefficient (Wildman–Crippen LogP) is 6.77. The minimum atomic E-state index is 1.03. The molecule has 2 rings (SSSR count). The molecule has 0 spiro atoms. The summed E-state index contributed by atoms with van der Waals surface area (Å²) in [7, 11) is 0. The maximum Gasteiger partial charge on any atom is -0.00292 e. The molecule has 0 fully saturated rings. The van der Waals surface area contributed by atoms with Gasteiger partial charge in [0.05, 0.1) is 0 Å². The zero-order valence-corrected chi connectivity index (χ0v) is 14.7. The Hall–Kier alpha value is -2.08. The Morgan fingerprint density at radius 2 is 1.32 bits per heavy atom. The second kappa shape index (κ2) is 13.9. The van der Waals surface area contributed by atoms with Gasteiger partial charge in [-0.25, -0.2) is 0 Å². The van der Waals surface area contributed by atoms with E-state index >= 15 is 0 Å². The zero-order valence-electron chi connectivity index (χ0n) is 14.7. The molecule has 0 aliphatic heterocycles. The van der Waals surface area contributed by atoms with Crippen molar-refractivity contribution in [2.45, 2.75) is 41.0 Å². The van der Waals surface area contributed by atoms with Crippen LogP contribution in [0.4, 0.5) is 0 Å². The number of hydrogen-bond donors (Lipinski definition) is 0. The fraction of sp³-hybridized carbons (Fsp3) is 0.273. The van der Waals surface area contributed by atoms with E-state index in [0.717, 1.165) is 6.42 Å². The normalized spacial score (nSPS) is 10.3. The molecule has 0 radical (unpaired) electrons. The average molecular weight is 294 g/mol. The summed E-state index contributed by atoms with van der Waals surface area (Å²) >= 11 is 0. The first-order valence-electron chi connectivity index (χ1n) is 8.09. The van der Waals surface area contributed by atoms with Gasteiger partial charge in [-0.1, -0.05) is 98.3 Å². The summed E-state index contributed by atoms with van der Waals surface area (Å²) in [5.74, 6) is 0. The van der Waals surface area contributed by atoms with E-state index in [-0.39, 0.29) is 0 Å². The summed E-state index contributed by atoms with van der Waals surface area (Å²) in [5, 5.41) is 0. The van der Waals surface area contributed by atoms with Crippen LogP contribution in [0.2, 0.25) is 0 Å². The first kappa shape index (κ1) is 19.9. The maximum atomic E-state index is 2.16. The Morgan fingerprint density at radius 3 is 1.68 bits per heavy atom.